The van der Waals surface area contributed by atoms with E-state index < -0.39 is 18.4 Å². The monoisotopic (exact) mass is 216 g/mol. The van der Waals surface area contributed by atoms with Crippen LogP contribution < -0.4 is 0 Å². The largest absolute Gasteiger partial charge is 0.345 e. The summed E-state index contributed by atoms with van der Waals surface area (Å²) in [5.74, 6) is 0. The normalized spacial score (nSPS) is 15.5. The molecule has 0 rings (SSSR count). The van der Waals surface area contributed by atoms with Crippen LogP contribution in [-0.4, -0.2) is 15.3 Å². The number of carbonyl (C=O) groups excluding carboxylic acids is 1. The van der Waals surface area contributed by atoms with Crippen molar-refractivity contribution in [2.75, 3.05) is 0 Å². The van der Waals surface area contributed by atoms with Gasteiger partial charge >= 0.3 is 0 Å². The molecule has 0 aliphatic heterocycles. The number of hydrogen-bond acceptors (Lipinski definition) is 2. The summed E-state index contributed by atoms with van der Waals surface area (Å²) in [4.78, 5) is 18.8. The maximum absolute atomic E-state index is 10.3. The van der Waals surface area contributed by atoms with Crippen molar-refractivity contribution < 1.29 is 14.3 Å². The van der Waals surface area contributed by atoms with E-state index in [0.717, 1.165) is 0 Å². The fourth-order valence-corrected chi connectivity index (χ4v) is 1.07. The van der Waals surface area contributed by atoms with Gasteiger partial charge in [0.15, 0.2) is 0 Å². The summed E-state index contributed by atoms with van der Waals surface area (Å²) in [6.45, 7) is 3.28. The SMILES string of the molecule is C=C(CC(Cl)[PH](=O)O)C(=O)Cl. The maximum Gasteiger partial charge on any atom is 0.247 e. The quantitative estimate of drug-likeness (QED) is 0.337. The van der Waals surface area contributed by atoms with Gasteiger partial charge in [0, 0.05) is 12.0 Å². The molecule has 2 atom stereocenters. The van der Waals surface area contributed by atoms with E-state index in [-0.39, 0.29) is 12.0 Å². The molecule has 0 bridgehead atoms. The summed E-state index contributed by atoms with van der Waals surface area (Å²) >= 11 is 10.4. The third-order valence-electron chi connectivity index (χ3n) is 0.972. The zero-order valence-electron chi connectivity index (χ0n) is 5.51. The molecule has 1 N–H and O–H groups in total. The summed E-state index contributed by atoms with van der Waals surface area (Å²) in [5, 5.41) is -1.67. The lowest BCUT2D eigenvalue weighted by molar-refractivity contribution is -0.108. The molecule has 0 aliphatic rings. The first-order valence-electron chi connectivity index (χ1n) is 2.69. The lowest BCUT2D eigenvalue weighted by Gasteiger charge is -2.03. The molecule has 0 aliphatic carbocycles. The van der Waals surface area contributed by atoms with Gasteiger partial charge in [-0.2, -0.15) is 0 Å². The molecule has 3 nitrogen and oxygen atoms in total. The molecule has 11 heavy (non-hydrogen) atoms. The van der Waals surface area contributed by atoms with E-state index in [2.05, 4.69) is 6.58 Å². The molecule has 0 saturated carbocycles. The number of allylic oxidation sites excluding steroid dienone is 1. The Morgan fingerprint density at radius 2 is 2.18 bits per heavy atom. The van der Waals surface area contributed by atoms with E-state index in [4.69, 9.17) is 28.1 Å². The Kier molecular flexibility index (Phi) is 5.02. The van der Waals surface area contributed by atoms with Crippen LogP contribution in [0.2, 0.25) is 0 Å². The Balaban J connectivity index is 3.95. The van der Waals surface area contributed by atoms with Crippen LogP contribution >= 0.6 is 31.2 Å². The Morgan fingerprint density at radius 3 is 2.45 bits per heavy atom. The highest BCUT2D eigenvalue weighted by Gasteiger charge is 2.14. The highest BCUT2D eigenvalue weighted by molar-refractivity contribution is 7.41. The Bertz CT molecular complexity index is 204. The van der Waals surface area contributed by atoms with Crippen molar-refractivity contribution in [1.82, 2.24) is 0 Å². The van der Waals surface area contributed by atoms with Gasteiger partial charge in [0.05, 0.1) is 0 Å². The van der Waals surface area contributed by atoms with E-state index in [1.165, 1.54) is 0 Å². The fraction of sp³-hybridized carbons (Fsp3) is 0.400. The number of hydrogen-bond donors (Lipinski definition) is 1. The van der Waals surface area contributed by atoms with Gasteiger partial charge in [-0.05, 0) is 11.6 Å². The van der Waals surface area contributed by atoms with E-state index in [1.807, 2.05) is 0 Å². The predicted molar refractivity (Wildman–Crippen MR) is 45.5 cm³/mol. The van der Waals surface area contributed by atoms with Crippen molar-refractivity contribution in [2.24, 2.45) is 0 Å². The van der Waals surface area contributed by atoms with Gasteiger partial charge in [0.2, 0.25) is 13.3 Å². The minimum absolute atomic E-state index is 0.0435. The zero-order chi connectivity index (χ0) is 9.02. The second-order valence-corrected chi connectivity index (χ2v) is 4.50. The molecule has 0 aromatic heterocycles. The molecule has 0 radical (unpaired) electrons. The van der Waals surface area contributed by atoms with Gasteiger partial charge in [-0.3, -0.25) is 9.36 Å². The molecular formula is C5H7Cl2O3P. The molecular weight excluding hydrogens is 210 g/mol. The average molecular weight is 217 g/mol. The molecule has 0 fully saturated rings. The lowest BCUT2D eigenvalue weighted by Crippen LogP contribution is -1.99. The van der Waals surface area contributed by atoms with E-state index >= 15 is 0 Å². The van der Waals surface area contributed by atoms with Crippen molar-refractivity contribution >= 4 is 36.5 Å². The topological polar surface area (TPSA) is 54.4 Å². The van der Waals surface area contributed by atoms with Crippen LogP contribution in [-0.2, 0) is 9.36 Å². The molecule has 0 saturated heterocycles. The smallest absolute Gasteiger partial charge is 0.247 e. The predicted octanol–water partition coefficient (Wildman–Crippen LogP) is 1.73. The number of alkyl halides is 1. The molecule has 0 aromatic carbocycles. The fourth-order valence-electron chi connectivity index (χ4n) is 0.384. The molecule has 6 heteroatoms. The summed E-state index contributed by atoms with van der Waals surface area (Å²) in [7, 11) is -2.80. The first kappa shape index (κ1) is 11.2. The second kappa shape index (κ2) is 4.94. The van der Waals surface area contributed by atoms with Gasteiger partial charge in [-0.1, -0.05) is 6.58 Å². The third kappa shape index (κ3) is 4.59. The van der Waals surface area contributed by atoms with Crippen LogP contribution in [0.5, 0.6) is 0 Å². The van der Waals surface area contributed by atoms with Gasteiger partial charge < -0.3 is 4.89 Å². The van der Waals surface area contributed by atoms with Crippen molar-refractivity contribution in [3.63, 3.8) is 0 Å². The van der Waals surface area contributed by atoms with E-state index in [1.54, 1.807) is 0 Å². The maximum atomic E-state index is 10.3. The van der Waals surface area contributed by atoms with Gasteiger partial charge in [0.1, 0.15) is 5.12 Å². The van der Waals surface area contributed by atoms with Crippen molar-refractivity contribution in [3.8, 4) is 0 Å². The van der Waals surface area contributed by atoms with Crippen LogP contribution in [0.4, 0.5) is 0 Å². The standard InChI is InChI=1S/C5H7Cl2O3P/c1-3(5(7)8)2-4(6)11(9)10/h4,11H,1-2H2,(H,9,10). The minimum Gasteiger partial charge on any atom is -0.345 e. The first-order valence-corrected chi connectivity index (χ1v) is 4.94. The van der Waals surface area contributed by atoms with Crippen LogP contribution in [0.3, 0.4) is 0 Å². The summed E-state index contributed by atoms with van der Waals surface area (Å²) in [6, 6.07) is 0. The lowest BCUT2D eigenvalue weighted by atomic mass is 10.3. The zero-order valence-corrected chi connectivity index (χ0v) is 8.02. The summed E-state index contributed by atoms with van der Waals surface area (Å²) < 4.78 is 10.3. The Hall–Kier alpha value is 0.180. The van der Waals surface area contributed by atoms with Crippen LogP contribution in [0.25, 0.3) is 0 Å². The molecule has 0 aromatic rings. The third-order valence-corrected chi connectivity index (χ3v) is 2.69. The van der Waals surface area contributed by atoms with E-state index in [0.29, 0.717) is 0 Å². The summed E-state index contributed by atoms with van der Waals surface area (Å²) in [6.07, 6.45) is -0.0435. The number of halogens is 2. The molecule has 64 valence electrons. The Labute approximate surface area is 74.9 Å². The van der Waals surface area contributed by atoms with E-state index in [9.17, 15) is 9.36 Å². The van der Waals surface area contributed by atoms with Gasteiger partial charge in [0.25, 0.3) is 0 Å². The number of rotatable bonds is 4. The highest BCUT2D eigenvalue weighted by Crippen LogP contribution is 2.31. The van der Waals surface area contributed by atoms with Crippen molar-refractivity contribution in [3.05, 3.63) is 12.2 Å². The molecule has 2 unspecified atom stereocenters. The van der Waals surface area contributed by atoms with Crippen molar-refractivity contribution in [2.45, 2.75) is 11.5 Å². The number of carbonyl (C=O) groups is 1. The molecule has 0 amide bonds. The van der Waals surface area contributed by atoms with Crippen LogP contribution in [0.1, 0.15) is 6.42 Å². The van der Waals surface area contributed by atoms with Crippen molar-refractivity contribution in [1.29, 1.82) is 0 Å². The highest BCUT2D eigenvalue weighted by atomic mass is 35.5. The molecule has 0 spiro atoms. The molecule has 0 heterocycles. The average Bonchev–Trinajstić information content (AvgIpc) is 1.87. The van der Waals surface area contributed by atoms with Gasteiger partial charge in [-0.25, -0.2) is 0 Å². The summed E-state index contributed by atoms with van der Waals surface area (Å²) in [5.41, 5.74) is 0.0547. The first-order chi connectivity index (χ1) is 4.95. The Morgan fingerprint density at radius 1 is 1.73 bits per heavy atom. The van der Waals surface area contributed by atoms with Gasteiger partial charge in [-0.15, -0.1) is 11.6 Å². The minimum atomic E-state index is -2.80. The van der Waals surface area contributed by atoms with Crippen LogP contribution in [0.15, 0.2) is 12.2 Å². The second-order valence-electron chi connectivity index (χ2n) is 1.89. The van der Waals surface area contributed by atoms with Crippen LogP contribution in [0, 0.1) is 0 Å².